The van der Waals surface area contributed by atoms with Crippen LogP contribution in [0.2, 0.25) is 0 Å². The van der Waals surface area contributed by atoms with Crippen LogP contribution in [0.5, 0.6) is 5.75 Å². The van der Waals surface area contributed by atoms with Crippen LogP contribution in [0, 0.1) is 13.8 Å². The Balaban J connectivity index is 2.27. The Morgan fingerprint density at radius 3 is 2.47 bits per heavy atom. The Bertz CT molecular complexity index is 437. The first kappa shape index (κ1) is 15.0. The summed E-state index contributed by atoms with van der Waals surface area (Å²) < 4.78 is 5.65. The number of nitrogens with one attached hydrogen (secondary N) is 1. The maximum atomic E-state index is 11.3. The van der Waals surface area contributed by atoms with Crippen molar-refractivity contribution in [2.75, 3.05) is 13.2 Å². The fraction of sp³-hybridized carbons (Fsp3) is 0.429. The van der Waals surface area contributed by atoms with Gasteiger partial charge < -0.3 is 15.2 Å². The molecule has 1 aromatic rings. The molecule has 1 amide bonds. The number of carbonyl (C=O) groups excluding carboxylic acids is 1. The van der Waals surface area contributed by atoms with E-state index in [2.05, 4.69) is 5.32 Å². The van der Waals surface area contributed by atoms with Crippen molar-refractivity contribution in [3.63, 3.8) is 0 Å². The number of aliphatic carboxylic acids is 1. The zero-order chi connectivity index (χ0) is 14.3. The van der Waals surface area contributed by atoms with Crippen molar-refractivity contribution in [3.8, 4) is 5.75 Å². The van der Waals surface area contributed by atoms with Gasteiger partial charge in [-0.2, -0.15) is 0 Å². The summed E-state index contributed by atoms with van der Waals surface area (Å²) in [6.45, 7) is 4.05. The summed E-state index contributed by atoms with van der Waals surface area (Å²) >= 11 is 0. The van der Waals surface area contributed by atoms with Crippen LogP contribution in [0.1, 0.15) is 24.0 Å². The van der Waals surface area contributed by atoms with Crippen LogP contribution in [-0.4, -0.2) is 30.1 Å². The van der Waals surface area contributed by atoms with E-state index >= 15 is 0 Å². The Kier molecular flexibility index (Phi) is 5.85. The summed E-state index contributed by atoms with van der Waals surface area (Å²) in [5.74, 6) is -0.457. The van der Waals surface area contributed by atoms with E-state index in [-0.39, 0.29) is 18.9 Å². The standard InChI is InChI=1S/C14H19NO4/c1-10-5-3-6-11(2)14(10)19-8-4-7-12(16)15-9-13(17)18/h3,5-6H,4,7-9H2,1-2H3,(H,15,16)(H,17,18). The monoisotopic (exact) mass is 265 g/mol. The molecule has 0 aromatic heterocycles. The third kappa shape index (κ3) is 5.42. The molecule has 0 saturated carbocycles. The molecule has 2 N–H and O–H groups in total. The number of aryl methyl sites for hydroxylation is 2. The molecule has 0 aliphatic carbocycles. The highest BCUT2D eigenvalue weighted by Gasteiger charge is 2.05. The minimum absolute atomic E-state index is 0.262. The fourth-order valence-corrected chi connectivity index (χ4v) is 1.70. The number of benzene rings is 1. The summed E-state index contributed by atoms with van der Waals surface area (Å²) in [6.07, 6.45) is 0.817. The van der Waals surface area contributed by atoms with Crippen molar-refractivity contribution in [2.45, 2.75) is 26.7 Å². The topological polar surface area (TPSA) is 75.6 Å². The smallest absolute Gasteiger partial charge is 0.322 e. The number of carbonyl (C=O) groups is 2. The van der Waals surface area contributed by atoms with Gasteiger partial charge in [0, 0.05) is 6.42 Å². The summed E-state index contributed by atoms with van der Waals surface area (Å²) in [5.41, 5.74) is 2.13. The molecular weight excluding hydrogens is 246 g/mol. The molecule has 0 saturated heterocycles. The third-order valence-electron chi connectivity index (χ3n) is 2.64. The van der Waals surface area contributed by atoms with Gasteiger partial charge in [-0.1, -0.05) is 18.2 Å². The zero-order valence-corrected chi connectivity index (χ0v) is 11.2. The summed E-state index contributed by atoms with van der Waals surface area (Å²) in [6, 6.07) is 5.92. The summed E-state index contributed by atoms with van der Waals surface area (Å²) in [4.78, 5) is 21.5. The molecular formula is C14H19NO4. The first-order valence-corrected chi connectivity index (χ1v) is 6.18. The number of ether oxygens (including phenoxy) is 1. The minimum atomic E-state index is -1.04. The van der Waals surface area contributed by atoms with Gasteiger partial charge >= 0.3 is 5.97 Å². The lowest BCUT2D eigenvalue weighted by Crippen LogP contribution is -2.29. The number of hydrogen-bond acceptors (Lipinski definition) is 3. The van der Waals surface area contributed by atoms with Crippen LogP contribution in [-0.2, 0) is 9.59 Å². The molecule has 0 aliphatic heterocycles. The second-order valence-electron chi connectivity index (χ2n) is 4.34. The van der Waals surface area contributed by atoms with Gasteiger partial charge in [-0.15, -0.1) is 0 Å². The number of amides is 1. The Labute approximate surface area is 112 Å². The van der Waals surface area contributed by atoms with E-state index in [9.17, 15) is 9.59 Å². The maximum Gasteiger partial charge on any atom is 0.322 e. The van der Waals surface area contributed by atoms with Gasteiger partial charge in [0.05, 0.1) is 6.61 Å². The predicted octanol–water partition coefficient (Wildman–Crippen LogP) is 1.66. The molecule has 1 aromatic carbocycles. The molecule has 19 heavy (non-hydrogen) atoms. The molecule has 5 heteroatoms. The Morgan fingerprint density at radius 1 is 1.26 bits per heavy atom. The van der Waals surface area contributed by atoms with Crippen molar-refractivity contribution in [3.05, 3.63) is 29.3 Å². The molecule has 0 heterocycles. The van der Waals surface area contributed by atoms with Crippen molar-refractivity contribution < 1.29 is 19.4 Å². The SMILES string of the molecule is Cc1cccc(C)c1OCCCC(=O)NCC(=O)O. The van der Waals surface area contributed by atoms with Crippen LogP contribution in [0.4, 0.5) is 0 Å². The van der Waals surface area contributed by atoms with Crippen LogP contribution in [0.3, 0.4) is 0 Å². The highest BCUT2D eigenvalue weighted by atomic mass is 16.5. The quantitative estimate of drug-likeness (QED) is 0.735. The van der Waals surface area contributed by atoms with Gasteiger partial charge in [-0.3, -0.25) is 9.59 Å². The molecule has 0 aliphatic rings. The zero-order valence-electron chi connectivity index (χ0n) is 11.2. The average molecular weight is 265 g/mol. The normalized spacial score (nSPS) is 10.0. The van der Waals surface area contributed by atoms with Gasteiger partial charge in [0.15, 0.2) is 0 Å². The minimum Gasteiger partial charge on any atom is -0.493 e. The lowest BCUT2D eigenvalue weighted by Gasteiger charge is -2.11. The van der Waals surface area contributed by atoms with Gasteiger partial charge in [0.1, 0.15) is 12.3 Å². The summed E-state index contributed by atoms with van der Waals surface area (Å²) in [5, 5.41) is 10.7. The number of para-hydroxylation sites is 1. The molecule has 5 nitrogen and oxygen atoms in total. The number of hydrogen-bond donors (Lipinski definition) is 2. The molecule has 0 atom stereocenters. The molecule has 1 rings (SSSR count). The lowest BCUT2D eigenvalue weighted by molar-refractivity contribution is -0.137. The average Bonchev–Trinajstić information content (AvgIpc) is 2.35. The van der Waals surface area contributed by atoms with E-state index in [4.69, 9.17) is 9.84 Å². The van der Waals surface area contributed by atoms with Gasteiger partial charge in [-0.25, -0.2) is 0 Å². The molecule has 0 bridgehead atoms. The summed E-state index contributed by atoms with van der Waals surface area (Å²) in [7, 11) is 0. The molecule has 0 radical (unpaired) electrons. The van der Waals surface area contributed by atoms with Gasteiger partial charge in [0.25, 0.3) is 0 Å². The first-order chi connectivity index (χ1) is 9.00. The van der Waals surface area contributed by atoms with Crippen molar-refractivity contribution in [2.24, 2.45) is 0 Å². The maximum absolute atomic E-state index is 11.3. The molecule has 0 spiro atoms. The van der Waals surface area contributed by atoms with Crippen LogP contribution in [0.25, 0.3) is 0 Å². The predicted molar refractivity (Wildman–Crippen MR) is 71.3 cm³/mol. The number of carboxylic acids is 1. The van der Waals surface area contributed by atoms with Gasteiger partial charge in [-0.05, 0) is 31.4 Å². The molecule has 0 unspecified atom stereocenters. The number of carboxylic acid groups (broad SMARTS) is 1. The van der Waals surface area contributed by atoms with Crippen molar-refractivity contribution >= 4 is 11.9 Å². The fourth-order valence-electron chi connectivity index (χ4n) is 1.70. The van der Waals surface area contributed by atoms with Crippen molar-refractivity contribution in [1.82, 2.24) is 5.32 Å². The van der Waals surface area contributed by atoms with E-state index in [0.29, 0.717) is 13.0 Å². The second-order valence-corrected chi connectivity index (χ2v) is 4.34. The Hall–Kier alpha value is -2.04. The van der Waals surface area contributed by atoms with E-state index in [0.717, 1.165) is 16.9 Å². The van der Waals surface area contributed by atoms with Crippen LogP contribution < -0.4 is 10.1 Å². The van der Waals surface area contributed by atoms with E-state index in [1.165, 1.54) is 0 Å². The van der Waals surface area contributed by atoms with Crippen LogP contribution >= 0.6 is 0 Å². The largest absolute Gasteiger partial charge is 0.493 e. The highest BCUT2D eigenvalue weighted by molar-refractivity contribution is 5.80. The van der Waals surface area contributed by atoms with Crippen molar-refractivity contribution in [1.29, 1.82) is 0 Å². The number of rotatable bonds is 7. The lowest BCUT2D eigenvalue weighted by atomic mass is 10.1. The third-order valence-corrected chi connectivity index (χ3v) is 2.64. The first-order valence-electron chi connectivity index (χ1n) is 6.18. The van der Waals surface area contributed by atoms with E-state index < -0.39 is 5.97 Å². The Morgan fingerprint density at radius 2 is 1.89 bits per heavy atom. The van der Waals surface area contributed by atoms with Gasteiger partial charge in [0.2, 0.25) is 5.91 Å². The second kappa shape index (κ2) is 7.41. The highest BCUT2D eigenvalue weighted by Crippen LogP contribution is 2.22. The van der Waals surface area contributed by atoms with E-state index in [1.807, 2.05) is 32.0 Å². The van der Waals surface area contributed by atoms with E-state index in [1.54, 1.807) is 0 Å². The molecule has 0 fully saturated rings. The van der Waals surface area contributed by atoms with Crippen LogP contribution in [0.15, 0.2) is 18.2 Å². The molecule has 104 valence electrons.